The van der Waals surface area contributed by atoms with Crippen LogP contribution in [0.2, 0.25) is 0 Å². The second-order valence-corrected chi connectivity index (χ2v) is 6.54. The van der Waals surface area contributed by atoms with E-state index in [2.05, 4.69) is 0 Å². The van der Waals surface area contributed by atoms with Gasteiger partial charge in [-0.05, 0) is 44.9 Å². The fourth-order valence-electron chi connectivity index (χ4n) is 2.53. The minimum atomic E-state index is -0.512. The van der Waals surface area contributed by atoms with E-state index in [1.165, 1.54) is 12.1 Å². The summed E-state index contributed by atoms with van der Waals surface area (Å²) in [6.07, 6.45) is 0.392. The van der Waals surface area contributed by atoms with E-state index in [-0.39, 0.29) is 23.9 Å². The van der Waals surface area contributed by atoms with Crippen LogP contribution in [0.25, 0.3) is 0 Å². The SMILES string of the molecule is CC(C)(C)OC(=O)N1CCC(N)[C@H](c2ccc(F)cc2)C1. The van der Waals surface area contributed by atoms with Gasteiger partial charge in [-0.25, -0.2) is 9.18 Å². The maximum atomic E-state index is 13.0. The third-order valence-electron chi connectivity index (χ3n) is 3.62. The molecule has 1 aliphatic rings. The molecule has 0 aliphatic carbocycles. The van der Waals surface area contributed by atoms with Crippen LogP contribution in [0.1, 0.15) is 38.7 Å². The van der Waals surface area contributed by atoms with Gasteiger partial charge in [0.2, 0.25) is 0 Å². The summed E-state index contributed by atoms with van der Waals surface area (Å²) < 4.78 is 18.4. The highest BCUT2D eigenvalue weighted by Crippen LogP contribution is 2.27. The van der Waals surface area contributed by atoms with Gasteiger partial charge in [-0.1, -0.05) is 12.1 Å². The number of piperidine rings is 1. The van der Waals surface area contributed by atoms with E-state index in [0.29, 0.717) is 19.5 Å². The molecule has 21 heavy (non-hydrogen) atoms. The molecule has 2 N–H and O–H groups in total. The lowest BCUT2D eigenvalue weighted by Gasteiger charge is -2.37. The number of benzene rings is 1. The van der Waals surface area contributed by atoms with Crippen molar-refractivity contribution in [3.05, 3.63) is 35.6 Å². The summed E-state index contributed by atoms with van der Waals surface area (Å²) in [4.78, 5) is 13.8. The number of nitrogens with zero attached hydrogens (tertiary/aromatic N) is 1. The molecule has 0 spiro atoms. The first-order chi connectivity index (χ1) is 9.76. The van der Waals surface area contributed by atoms with Gasteiger partial charge in [0, 0.05) is 25.0 Å². The highest BCUT2D eigenvalue weighted by molar-refractivity contribution is 5.68. The fraction of sp³-hybridized carbons (Fsp3) is 0.562. The third kappa shape index (κ3) is 4.17. The molecule has 2 rings (SSSR count). The lowest BCUT2D eigenvalue weighted by atomic mass is 9.87. The Labute approximate surface area is 125 Å². The van der Waals surface area contributed by atoms with Crippen molar-refractivity contribution in [3.63, 3.8) is 0 Å². The van der Waals surface area contributed by atoms with Crippen LogP contribution >= 0.6 is 0 Å². The number of carbonyl (C=O) groups excluding carboxylic acids is 1. The van der Waals surface area contributed by atoms with Crippen LogP contribution in [0.5, 0.6) is 0 Å². The Hall–Kier alpha value is -1.62. The lowest BCUT2D eigenvalue weighted by molar-refractivity contribution is 0.0186. The van der Waals surface area contributed by atoms with Crippen LogP contribution in [0.3, 0.4) is 0 Å². The molecule has 1 aromatic rings. The molecule has 1 saturated heterocycles. The normalized spacial score (nSPS) is 23.0. The quantitative estimate of drug-likeness (QED) is 0.866. The van der Waals surface area contributed by atoms with Crippen LogP contribution < -0.4 is 5.73 Å². The Morgan fingerprint density at radius 1 is 1.33 bits per heavy atom. The molecular weight excluding hydrogens is 271 g/mol. The monoisotopic (exact) mass is 294 g/mol. The summed E-state index contributed by atoms with van der Waals surface area (Å²) in [5.74, 6) is -0.265. The Morgan fingerprint density at radius 2 is 1.95 bits per heavy atom. The number of carbonyl (C=O) groups is 1. The number of hydrogen-bond acceptors (Lipinski definition) is 3. The standard InChI is InChI=1S/C16H23FN2O2/c1-16(2,3)21-15(20)19-9-8-14(18)13(10-19)11-4-6-12(17)7-5-11/h4-7,13-14H,8-10,18H2,1-3H3/t13-,14?/m0/s1. The second-order valence-electron chi connectivity index (χ2n) is 6.54. The van der Waals surface area contributed by atoms with Crippen LogP contribution in [-0.4, -0.2) is 35.7 Å². The summed E-state index contributed by atoms with van der Waals surface area (Å²) >= 11 is 0. The van der Waals surface area contributed by atoms with E-state index in [4.69, 9.17) is 10.5 Å². The van der Waals surface area contributed by atoms with Gasteiger partial charge in [-0.3, -0.25) is 0 Å². The predicted octanol–water partition coefficient (Wildman–Crippen LogP) is 2.88. The summed E-state index contributed by atoms with van der Waals surface area (Å²) in [6, 6.07) is 6.29. The third-order valence-corrected chi connectivity index (χ3v) is 3.62. The molecule has 1 heterocycles. The molecule has 1 amide bonds. The minimum absolute atomic E-state index is 0.00636. The number of likely N-dealkylation sites (tertiary alicyclic amines) is 1. The first-order valence-electron chi connectivity index (χ1n) is 7.25. The van der Waals surface area contributed by atoms with Gasteiger partial charge in [0.05, 0.1) is 0 Å². The van der Waals surface area contributed by atoms with Crippen molar-refractivity contribution in [1.29, 1.82) is 0 Å². The molecule has 116 valence electrons. The number of amides is 1. The molecule has 1 aliphatic heterocycles. The van der Waals surface area contributed by atoms with E-state index in [1.807, 2.05) is 20.8 Å². The van der Waals surface area contributed by atoms with Gasteiger partial charge in [0.15, 0.2) is 0 Å². The van der Waals surface area contributed by atoms with Gasteiger partial charge in [0.1, 0.15) is 11.4 Å². The molecule has 4 nitrogen and oxygen atoms in total. The highest BCUT2D eigenvalue weighted by Gasteiger charge is 2.32. The molecule has 1 fully saturated rings. The van der Waals surface area contributed by atoms with Crippen molar-refractivity contribution < 1.29 is 13.9 Å². The summed E-state index contributed by atoms with van der Waals surface area (Å²) in [6.45, 7) is 6.63. The van der Waals surface area contributed by atoms with Gasteiger partial charge >= 0.3 is 6.09 Å². The van der Waals surface area contributed by atoms with E-state index in [0.717, 1.165) is 5.56 Å². The summed E-state index contributed by atoms with van der Waals surface area (Å²) in [5.41, 5.74) is 6.61. The zero-order chi connectivity index (χ0) is 15.6. The molecule has 0 radical (unpaired) electrons. The van der Waals surface area contributed by atoms with Crippen molar-refractivity contribution >= 4 is 6.09 Å². The number of nitrogens with two attached hydrogens (primary N) is 1. The lowest BCUT2D eigenvalue weighted by Crippen LogP contribution is -2.49. The first-order valence-corrected chi connectivity index (χ1v) is 7.25. The minimum Gasteiger partial charge on any atom is -0.444 e. The predicted molar refractivity (Wildman–Crippen MR) is 79.5 cm³/mol. The Balaban J connectivity index is 2.09. The van der Waals surface area contributed by atoms with Gasteiger partial charge < -0.3 is 15.4 Å². The maximum absolute atomic E-state index is 13.0. The van der Waals surface area contributed by atoms with Crippen molar-refractivity contribution in [1.82, 2.24) is 4.90 Å². The molecule has 5 heteroatoms. The van der Waals surface area contributed by atoms with Crippen molar-refractivity contribution in [2.24, 2.45) is 5.73 Å². The zero-order valence-corrected chi connectivity index (χ0v) is 12.8. The molecular formula is C16H23FN2O2. The largest absolute Gasteiger partial charge is 0.444 e. The summed E-state index contributed by atoms with van der Waals surface area (Å²) in [7, 11) is 0. The van der Waals surface area contributed by atoms with Crippen LogP contribution in [-0.2, 0) is 4.74 Å². The maximum Gasteiger partial charge on any atom is 0.410 e. The molecule has 0 aromatic heterocycles. The second kappa shape index (κ2) is 6.02. The zero-order valence-electron chi connectivity index (χ0n) is 12.8. The van der Waals surface area contributed by atoms with Crippen LogP contribution in [0.15, 0.2) is 24.3 Å². The number of ether oxygens (including phenoxy) is 1. The van der Waals surface area contributed by atoms with E-state index < -0.39 is 5.60 Å². The smallest absolute Gasteiger partial charge is 0.410 e. The van der Waals surface area contributed by atoms with Gasteiger partial charge in [-0.15, -0.1) is 0 Å². The van der Waals surface area contributed by atoms with Gasteiger partial charge in [0.25, 0.3) is 0 Å². The van der Waals surface area contributed by atoms with Crippen LogP contribution in [0.4, 0.5) is 9.18 Å². The van der Waals surface area contributed by atoms with Crippen molar-refractivity contribution in [3.8, 4) is 0 Å². The van der Waals surface area contributed by atoms with Crippen molar-refractivity contribution in [2.75, 3.05) is 13.1 Å². The molecule has 1 unspecified atom stereocenters. The average Bonchev–Trinajstić information content (AvgIpc) is 2.38. The van der Waals surface area contributed by atoms with Crippen LogP contribution in [0, 0.1) is 5.82 Å². The topological polar surface area (TPSA) is 55.6 Å². The Bertz CT molecular complexity index is 496. The average molecular weight is 294 g/mol. The fourth-order valence-corrected chi connectivity index (χ4v) is 2.53. The van der Waals surface area contributed by atoms with Crippen molar-refractivity contribution in [2.45, 2.75) is 44.8 Å². The van der Waals surface area contributed by atoms with E-state index in [9.17, 15) is 9.18 Å². The van der Waals surface area contributed by atoms with E-state index in [1.54, 1.807) is 17.0 Å². The van der Waals surface area contributed by atoms with E-state index >= 15 is 0 Å². The number of hydrogen-bond donors (Lipinski definition) is 1. The highest BCUT2D eigenvalue weighted by atomic mass is 19.1. The molecule has 0 bridgehead atoms. The number of halogens is 1. The van der Waals surface area contributed by atoms with Gasteiger partial charge in [-0.2, -0.15) is 0 Å². The molecule has 1 aromatic carbocycles. The number of rotatable bonds is 1. The summed E-state index contributed by atoms with van der Waals surface area (Å²) in [5, 5.41) is 0. The Morgan fingerprint density at radius 3 is 2.52 bits per heavy atom. The molecule has 2 atom stereocenters. The first kappa shape index (κ1) is 15.8. The Kier molecular flexibility index (Phi) is 4.52. The molecule has 0 saturated carbocycles.